The molecule has 2 aliphatic rings. The summed E-state index contributed by atoms with van der Waals surface area (Å²) >= 11 is 0. The summed E-state index contributed by atoms with van der Waals surface area (Å²) in [5.74, 6) is -0.566. The molecule has 0 saturated carbocycles. The van der Waals surface area contributed by atoms with Gasteiger partial charge in [0.2, 0.25) is 0 Å². The lowest BCUT2D eigenvalue weighted by molar-refractivity contribution is -0.146. The molecular formula is C21H22O2. The molecule has 23 heavy (non-hydrogen) atoms. The standard InChI is InChI=1S/C21H22O2/c1-16-9-8-14-21(15-16)22-19(17-10-4-2-5-11-17)20(23-21)18-12-6-3-7-13-18/h2-7,10-13,15,19-20H,8-9,14H2,1H3/t19-,20-/m1/s1. The molecule has 4 rings (SSSR count). The minimum Gasteiger partial charge on any atom is -0.335 e. The van der Waals surface area contributed by atoms with Crippen LogP contribution < -0.4 is 0 Å². The maximum Gasteiger partial charge on any atom is 0.189 e. The van der Waals surface area contributed by atoms with E-state index in [4.69, 9.17) is 9.47 Å². The average molecular weight is 306 g/mol. The van der Waals surface area contributed by atoms with Gasteiger partial charge in [-0.1, -0.05) is 66.2 Å². The van der Waals surface area contributed by atoms with Crippen molar-refractivity contribution in [3.63, 3.8) is 0 Å². The van der Waals surface area contributed by atoms with Crippen molar-refractivity contribution in [1.29, 1.82) is 0 Å². The molecule has 1 saturated heterocycles. The maximum absolute atomic E-state index is 6.51. The summed E-state index contributed by atoms with van der Waals surface area (Å²) in [4.78, 5) is 0. The SMILES string of the molecule is CC1=CC2(CCC1)O[C@H](c1ccccc1)[C@@H](c1ccccc1)O2. The second-order valence-corrected chi connectivity index (χ2v) is 6.55. The van der Waals surface area contributed by atoms with Gasteiger partial charge in [0.15, 0.2) is 5.79 Å². The first-order valence-electron chi connectivity index (χ1n) is 8.40. The third kappa shape index (κ3) is 2.85. The zero-order chi connectivity index (χ0) is 15.7. The normalized spacial score (nSPS) is 26.2. The van der Waals surface area contributed by atoms with Crippen LogP contribution in [0.25, 0.3) is 0 Å². The van der Waals surface area contributed by atoms with Crippen molar-refractivity contribution in [2.45, 2.75) is 44.2 Å². The van der Waals surface area contributed by atoms with Gasteiger partial charge in [-0.3, -0.25) is 0 Å². The van der Waals surface area contributed by atoms with Crippen LogP contribution in [0.5, 0.6) is 0 Å². The highest BCUT2D eigenvalue weighted by Crippen LogP contribution is 2.50. The van der Waals surface area contributed by atoms with Crippen LogP contribution in [0.1, 0.15) is 49.5 Å². The molecule has 1 spiro atoms. The van der Waals surface area contributed by atoms with Gasteiger partial charge in [-0.2, -0.15) is 0 Å². The van der Waals surface area contributed by atoms with Gasteiger partial charge in [-0.25, -0.2) is 0 Å². The first-order valence-corrected chi connectivity index (χ1v) is 8.40. The predicted molar refractivity (Wildman–Crippen MR) is 90.9 cm³/mol. The minimum atomic E-state index is -0.566. The van der Waals surface area contributed by atoms with Crippen molar-refractivity contribution in [2.75, 3.05) is 0 Å². The zero-order valence-corrected chi connectivity index (χ0v) is 13.4. The topological polar surface area (TPSA) is 18.5 Å². The number of ether oxygens (including phenoxy) is 2. The lowest BCUT2D eigenvalue weighted by atomic mass is 9.96. The van der Waals surface area contributed by atoms with Crippen LogP contribution >= 0.6 is 0 Å². The van der Waals surface area contributed by atoms with Crippen molar-refractivity contribution in [2.24, 2.45) is 0 Å². The Balaban J connectivity index is 1.74. The number of hydrogen-bond donors (Lipinski definition) is 0. The Hall–Kier alpha value is -1.90. The summed E-state index contributed by atoms with van der Waals surface area (Å²) in [6.07, 6.45) is 5.24. The first-order chi connectivity index (χ1) is 11.3. The summed E-state index contributed by atoms with van der Waals surface area (Å²) in [7, 11) is 0. The van der Waals surface area contributed by atoms with Crippen LogP contribution in [0.2, 0.25) is 0 Å². The van der Waals surface area contributed by atoms with Crippen molar-refractivity contribution in [1.82, 2.24) is 0 Å². The van der Waals surface area contributed by atoms with E-state index in [1.807, 2.05) is 12.1 Å². The highest BCUT2D eigenvalue weighted by molar-refractivity contribution is 5.28. The average Bonchev–Trinajstić information content (AvgIpc) is 2.95. The van der Waals surface area contributed by atoms with Crippen LogP contribution in [0.4, 0.5) is 0 Å². The fourth-order valence-corrected chi connectivity index (χ4v) is 3.67. The maximum atomic E-state index is 6.51. The number of allylic oxidation sites excluding steroid dienone is 1. The Labute approximate surface area is 137 Å². The molecule has 0 radical (unpaired) electrons. The van der Waals surface area contributed by atoms with E-state index in [9.17, 15) is 0 Å². The predicted octanol–water partition coefficient (Wildman–Crippen LogP) is 5.34. The molecular weight excluding hydrogens is 284 g/mol. The fraction of sp³-hybridized carbons (Fsp3) is 0.333. The molecule has 0 bridgehead atoms. The Bertz CT molecular complexity index is 643. The Kier molecular flexibility index (Phi) is 3.80. The van der Waals surface area contributed by atoms with E-state index in [-0.39, 0.29) is 12.2 Å². The fourth-order valence-electron chi connectivity index (χ4n) is 3.67. The number of benzene rings is 2. The molecule has 2 atom stereocenters. The zero-order valence-electron chi connectivity index (χ0n) is 13.4. The third-order valence-corrected chi connectivity index (χ3v) is 4.75. The molecule has 0 unspecified atom stereocenters. The molecule has 1 aliphatic carbocycles. The quantitative estimate of drug-likeness (QED) is 0.697. The molecule has 118 valence electrons. The van der Waals surface area contributed by atoms with Gasteiger partial charge in [0.05, 0.1) is 0 Å². The van der Waals surface area contributed by atoms with Gasteiger partial charge < -0.3 is 9.47 Å². The Morgan fingerprint density at radius 3 is 1.83 bits per heavy atom. The molecule has 2 nitrogen and oxygen atoms in total. The molecule has 0 N–H and O–H groups in total. The molecule has 2 aromatic carbocycles. The van der Waals surface area contributed by atoms with E-state index < -0.39 is 5.79 Å². The lowest BCUT2D eigenvalue weighted by Gasteiger charge is -2.29. The van der Waals surface area contributed by atoms with E-state index in [2.05, 4.69) is 61.5 Å². The van der Waals surface area contributed by atoms with Crippen molar-refractivity contribution in [3.05, 3.63) is 83.4 Å². The van der Waals surface area contributed by atoms with Crippen molar-refractivity contribution < 1.29 is 9.47 Å². The van der Waals surface area contributed by atoms with E-state index in [1.54, 1.807) is 0 Å². The van der Waals surface area contributed by atoms with Crippen LogP contribution in [0.3, 0.4) is 0 Å². The Morgan fingerprint density at radius 1 is 0.826 bits per heavy atom. The second kappa shape index (κ2) is 5.95. The number of rotatable bonds is 2. The van der Waals surface area contributed by atoms with Crippen molar-refractivity contribution in [3.8, 4) is 0 Å². The van der Waals surface area contributed by atoms with Gasteiger partial charge in [0, 0.05) is 6.42 Å². The van der Waals surface area contributed by atoms with E-state index in [0.717, 1.165) is 19.3 Å². The molecule has 0 aromatic heterocycles. The number of hydrogen-bond acceptors (Lipinski definition) is 2. The molecule has 1 fully saturated rings. The van der Waals surface area contributed by atoms with Gasteiger partial charge >= 0.3 is 0 Å². The van der Waals surface area contributed by atoms with Crippen LogP contribution in [0, 0.1) is 0 Å². The van der Waals surface area contributed by atoms with Gasteiger partial charge in [0.25, 0.3) is 0 Å². The first kappa shape index (κ1) is 14.7. The van der Waals surface area contributed by atoms with Crippen LogP contribution in [-0.2, 0) is 9.47 Å². The van der Waals surface area contributed by atoms with E-state index >= 15 is 0 Å². The summed E-state index contributed by atoms with van der Waals surface area (Å²) in [5, 5.41) is 0. The van der Waals surface area contributed by atoms with Crippen molar-refractivity contribution >= 4 is 0 Å². The highest BCUT2D eigenvalue weighted by atomic mass is 16.8. The second-order valence-electron chi connectivity index (χ2n) is 6.55. The third-order valence-electron chi connectivity index (χ3n) is 4.75. The van der Waals surface area contributed by atoms with Gasteiger partial charge in [-0.05, 0) is 37.0 Å². The summed E-state index contributed by atoms with van der Waals surface area (Å²) in [5.41, 5.74) is 3.71. The summed E-state index contributed by atoms with van der Waals surface area (Å²) in [6.45, 7) is 2.17. The van der Waals surface area contributed by atoms with Crippen LogP contribution in [-0.4, -0.2) is 5.79 Å². The molecule has 0 amide bonds. The molecule has 1 aliphatic heterocycles. The molecule has 2 aromatic rings. The van der Waals surface area contributed by atoms with Gasteiger partial charge in [0.1, 0.15) is 12.2 Å². The van der Waals surface area contributed by atoms with E-state index in [0.29, 0.717) is 0 Å². The lowest BCUT2D eigenvalue weighted by Crippen LogP contribution is -2.30. The minimum absolute atomic E-state index is 0.0688. The Morgan fingerprint density at radius 2 is 1.35 bits per heavy atom. The van der Waals surface area contributed by atoms with Crippen LogP contribution in [0.15, 0.2) is 72.3 Å². The van der Waals surface area contributed by atoms with E-state index in [1.165, 1.54) is 16.7 Å². The molecule has 1 heterocycles. The monoisotopic (exact) mass is 306 g/mol. The summed E-state index contributed by atoms with van der Waals surface area (Å²) < 4.78 is 13.0. The van der Waals surface area contributed by atoms with Gasteiger partial charge in [-0.15, -0.1) is 0 Å². The highest BCUT2D eigenvalue weighted by Gasteiger charge is 2.48. The molecule has 2 heteroatoms. The smallest absolute Gasteiger partial charge is 0.189 e. The summed E-state index contributed by atoms with van der Waals surface area (Å²) in [6, 6.07) is 20.8. The largest absolute Gasteiger partial charge is 0.335 e.